The largest absolute Gasteiger partial charge is 0.488 e. The molecule has 3 amide bonds. The van der Waals surface area contributed by atoms with Crippen LogP contribution >= 0.6 is 15.9 Å². The van der Waals surface area contributed by atoms with Gasteiger partial charge in [-0.1, -0.05) is 66.7 Å². The normalized spacial score (nSPS) is 15.5. The zero-order valence-corrected chi connectivity index (χ0v) is 18.2. The summed E-state index contributed by atoms with van der Waals surface area (Å²) in [5.74, 6) is 0.683. The number of imide groups is 1. The van der Waals surface area contributed by atoms with Gasteiger partial charge in [-0.3, -0.25) is 0 Å². The molecule has 1 aliphatic rings. The second-order valence-electron chi connectivity index (χ2n) is 7.08. The molecule has 1 atom stereocenters. The first-order valence-electron chi connectivity index (χ1n) is 9.86. The number of benzene rings is 3. The molecule has 0 saturated carbocycles. The fourth-order valence-electron chi connectivity index (χ4n) is 3.34. The highest BCUT2D eigenvalue weighted by atomic mass is 79.9. The topological polar surface area (TPSA) is 67.9 Å². The van der Waals surface area contributed by atoms with Crippen molar-refractivity contribution in [1.82, 2.24) is 10.2 Å². The third kappa shape index (κ3) is 5.06. The lowest BCUT2D eigenvalue weighted by atomic mass is 10.1. The van der Waals surface area contributed by atoms with E-state index in [-0.39, 0.29) is 6.61 Å². The Morgan fingerprint density at radius 1 is 0.968 bits per heavy atom. The highest BCUT2D eigenvalue weighted by molar-refractivity contribution is 9.10. The van der Waals surface area contributed by atoms with Gasteiger partial charge in [-0.15, -0.1) is 0 Å². The molecule has 0 aromatic heterocycles. The van der Waals surface area contributed by atoms with Crippen molar-refractivity contribution >= 4 is 28.1 Å². The van der Waals surface area contributed by atoms with E-state index in [0.717, 1.165) is 26.1 Å². The molecule has 3 aromatic carbocycles. The van der Waals surface area contributed by atoms with Crippen LogP contribution in [0.2, 0.25) is 0 Å². The maximum atomic E-state index is 12.6. The number of hydrogen-bond donors (Lipinski definition) is 1. The minimum Gasteiger partial charge on any atom is -0.488 e. The zero-order valence-electron chi connectivity index (χ0n) is 16.7. The van der Waals surface area contributed by atoms with E-state index in [1.165, 1.54) is 0 Å². The molecule has 1 fully saturated rings. The number of carbonyl (C=O) groups is 2. The maximum absolute atomic E-state index is 12.6. The van der Waals surface area contributed by atoms with Gasteiger partial charge in [-0.05, 0) is 44.8 Å². The number of urea groups is 1. The van der Waals surface area contributed by atoms with Crippen LogP contribution < -0.4 is 10.1 Å². The van der Waals surface area contributed by atoms with E-state index in [2.05, 4.69) is 21.2 Å². The first kappa shape index (κ1) is 20.9. The fraction of sp³-hybridized carbons (Fsp3) is 0.167. The molecule has 0 radical (unpaired) electrons. The van der Waals surface area contributed by atoms with Crippen LogP contribution in [0, 0.1) is 0 Å². The molecule has 31 heavy (non-hydrogen) atoms. The van der Waals surface area contributed by atoms with Gasteiger partial charge < -0.3 is 14.8 Å². The molecular weight excluding hydrogens is 460 g/mol. The summed E-state index contributed by atoms with van der Waals surface area (Å²) in [5, 5.41) is 2.72. The predicted molar refractivity (Wildman–Crippen MR) is 120 cm³/mol. The van der Waals surface area contributed by atoms with Gasteiger partial charge in [0.15, 0.2) is 0 Å². The first-order chi connectivity index (χ1) is 15.1. The van der Waals surface area contributed by atoms with Crippen LogP contribution in [0.1, 0.15) is 22.7 Å². The van der Waals surface area contributed by atoms with Crippen LogP contribution in [0.3, 0.4) is 0 Å². The summed E-state index contributed by atoms with van der Waals surface area (Å²) in [6.07, 6.45) is -0.677. The van der Waals surface area contributed by atoms with Crippen LogP contribution in [0.15, 0.2) is 83.3 Å². The second kappa shape index (κ2) is 9.66. The van der Waals surface area contributed by atoms with Crippen molar-refractivity contribution in [2.75, 3.05) is 6.54 Å². The number of rotatable bonds is 6. The van der Waals surface area contributed by atoms with Gasteiger partial charge in [0, 0.05) is 6.54 Å². The summed E-state index contributed by atoms with van der Waals surface area (Å²) in [4.78, 5) is 26.1. The quantitative estimate of drug-likeness (QED) is 0.510. The molecule has 1 aliphatic heterocycles. The van der Waals surface area contributed by atoms with Gasteiger partial charge in [-0.25, -0.2) is 14.5 Å². The Balaban J connectivity index is 1.43. The number of ether oxygens (including phenoxy) is 2. The third-order valence-corrected chi connectivity index (χ3v) is 5.58. The van der Waals surface area contributed by atoms with Crippen molar-refractivity contribution in [3.05, 3.63) is 100 Å². The number of amides is 3. The van der Waals surface area contributed by atoms with E-state index >= 15 is 0 Å². The van der Waals surface area contributed by atoms with Gasteiger partial charge in [0.2, 0.25) is 0 Å². The van der Waals surface area contributed by atoms with Crippen LogP contribution in [-0.4, -0.2) is 23.6 Å². The Hall–Kier alpha value is -3.32. The van der Waals surface area contributed by atoms with Crippen molar-refractivity contribution < 1.29 is 19.1 Å². The van der Waals surface area contributed by atoms with Gasteiger partial charge >= 0.3 is 12.1 Å². The van der Waals surface area contributed by atoms with Crippen LogP contribution in [-0.2, 0) is 18.0 Å². The average Bonchev–Trinajstić information content (AvgIpc) is 3.19. The third-order valence-electron chi connectivity index (χ3n) is 4.96. The zero-order chi connectivity index (χ0) is 21.6. The number of carbonyl (C=O) groups excluding carboxylic acids is 2. The summed E-state index contributed by atoms with van der Waals surface area (Å²) in [6.45, 7) is 0.863. The van der Waals surface area contributed by atoms with E-state index in [9.17, 15) is 9.59 Å². The smallest absolute Gasteiger partial charge is 0.418 e. The molecule has 0 aliphatic carbocycles. The standard InChI is InChI=1S/C24H21BrN2O4/c25-20-13-19(11-12-22(20)30-15-17-7-3-1-4-8-17)21-14-26-23(28)27(21)24(29)31-16-18-9-5-2-6-10-18/h1-13,21H,14-16H2,(H,26,28)/t21-/m1/s1. The Kier molecular flexibility index (Phi) is 6.52. The molecule has 0 unspecified atom stereocenters. The molecular formula is C24H21BrN2O4. The first-order valence-corrected chi connectivity index (χ1v) is 10.6. The van der Waals surface area contributed by atoms with E-state index in [4.69, 9.17) is 9.47 Å². The van der Waals surface area contributed by atoms with Crippen molar-refractivity contribution in [3.8, 4) is 5.75 Å². The second-order valence-corrected chi connectivity index (χ2v) is 7.93. The van der Waals surface area contributed by atoms with E-state index in [1.54, 1.807) is 0 Å². The van der Waals surface area contributed by atoms with Gasteiger partial charge in [0.25, 0.3) is 0 Å². The average molecular weight is 481 g/mol. The van der Waals surface area contributed by atoms with Gasteiger partial charge in [0.05, 0.1) is 10.5 Å². The Morgan fingerprint density at radius 2 is 1.61 bits per heavy atom. The Bertz CT molecular complexity index is 1060. The minimum atomic E-state index is -0.677. The molecule has 3 aromatic rings. The summed E-state index contributed by atoms with van der Waals surface area (Å²) in [6, 6.07) is 23.9. The summed E-state index contributed by atoms with van der Waals surface area (Å²) in [7, 11) is 0. The van der Waals surface area contributed by atoms with E-state index in [1.807, 2.05) is 78.9 Å². The van der Waals surface area contributed by atoms with Crippen LogP contribution in [0.4, 0.5) is 9.59 Å². The van der Waals surface area contributed by atoms with E-state index in [0.29, 0.717) is 18.9 Å². The molecule has 0 spiro atoms. The number of hydrogen-bond acceptors (Lipinski definition) is 4. The van der Waals surface area contributed by atoms with Crippen molar-refractivity contribution in [1.29, 1.82) is 0 Å². The molecule has 4 rings (SSSR count). The van der Waals surface area contributed by atoms with Crippen LogP contribution in [0.5, 0.6) is 5.75 Å². The molecule has 7 heteroatoms. The molecule has 1 saturated heterocycles. The van der Waals surface area contributed by atoms with Gasteiger partial charge in [-0.2, -0.15) is 0 Å². The SMILES string of the molecule is O=C1NC[C@H](c2ccc(OCc3ccccc3)c(Br)c2)N1C(=O)OCc1ccccc1. The number of nitrogens with one attached hydrogen (secondary N) is 1. The summed E-state index contributed by atoms with van der Waals surface area (Å²) >= 11 is 3.54. The molecule has 1 N–H and O–H groups in total. The van der Waals surface area contributed by atoms with Crippen LogP contribution in [0.25, 0.3) is 0 Å². The monoisotopic (exact) mass is 480 g/mol. The van der Waals surface area contributed by atoms with Crippen molar-refractivity contribution in [3.63, 3.8) is 0 Å². The summed E-state index contributed by atoms with van der Waals surface area (Å²) < 4.78 is 12.0. The summed E-state index contributed by atoms with van der Waals surface area (Å²) in [5.41, 5.74) is 2.72. The lowest BCUT2D eigenvalue weighted by Gasteiger charge is -2.21. The molecule has 158 valence electrons. The molecule has 6 nitrogen and oxygen atoms in total. The highest BCUT2D eigenvalue weighted by Crippen LogP contribution is 2.33. The lowest BCUT2D eigenvalue weighted by molar-refractivity contribution is 0.101. The minimum absolute atomic E-state index is 0.103. The lowest BCUT2D eigenvalue weighted by Crippen LogP contribution is -2.36. The van der Waals surface area contributed by atoms with Crippen molar-refractivity contribution in [2.45, 2.75) is 19.3 Å². The molecule has 1 heterocycles. The number of halogens is 1. The highest BCUT2D eigenvalue weighted by Gasteiger charge is 2.38. The predicted octanol–water partition coefficient (Wildman–Crippen LogP) is 5.43. The Morgan fingerprint density at radius 3 is 2.26 bits per heavy atom. The fourth-order valence-corrected chi connectivity index (χ4v) is 3.86. The van der Waals surface area contributed by atoms with Crippen molar-refractivity contribution in [2.24, 2.45) is 0 Å². The molecule has 0 bridgehead atoms. The Labute approximate surface area is 188 Å². The maximum Gasteiger partial charge on any atom is 0.418 e. The number of nitrogens with zero attached hydrogens (tertiary/aromatic N) is 1. The van der Waals surface area contributed by atoms with Gasteiger partial charge in [0.1, 0.15) is 19.0 Å². The van der Waals surface area contributed by atoms with E-state index < -0.39 is 18.2 Å².